The number of benzene rings is 1. The van der Waals surface area contributed by atoms with E-state index in [-0.39, 0.29) is 18.0 Å². The molecule has 0 saturated heterocycles. The summed E-state index contributed by atoms with van der Waals surface area (Å²) in [5.74, 6) is 0.0649. The minimum Gasteiger partial charge on any atom is -0.352 e. The molecule has 0 bridgehead atoms. The van der Waals surface area contributed by atoms with Crippen LogP contribution in [-0.4, -0.2) is 16.5 Å². The molecule has 3 nitrogen and oxygen atoms in total. The maximum absolute atomic E-state index is 12.3. The van der Waals surface area contributed by atoms with Crippen molar-refractivity contribution in [2.24, 2.45) is 0 Å². The van der Waals surface area contributed by atoms with E-state index in [0.717, 1.165) is 0 Å². The van der Waals surface area contributed by atoms with Gasteiger partial charge in [0.15, 0.2) is 0 Å². The molecule has 1 amide bonds. The van der Waals surface area contributed by atoms with E-state index in [2.05, 4.69) is 17.4 Å². The first-order valence-electron chi connectivity index (χ1n) is 6.63. The topological polar surface area (TPSA) is 34.0 Å². The summed E-state index contributed by atoms with van der Waals surface area (Å²) in [7, 11) is 0. The molecule has 1 unspecified atom stereocenters. The molecule has 2 aromatic rings. The Morgan fingerprint density at radius 1 is 1.11 bits per heavy atom. The molecule has 2 rings (SSSR count). The van der Waals surface area contributed by atoms with Gasteiger partial charge in [-0.3, -0.25) is 4.79 Å². The molecular weight excluding hydrogens is 236 g/mol. The van der Waals surface area contributed by atoms with E-state index in [0.29, 0.717) is 6.42 Å². The standard InChI is InChI=1S/C16H20N2O/c1-13(2)17-16(19)15(18-10-6-7-11-18)12-14-8-4-3-5-9-14/h3-11,13,15H,12H2,1-2H3,(H,17,19). The number of carbonyl (C=O) groups is 1. The Morgan fingerprint density at radius 3 is 2.32 bits per heavy atom. The summed E-state index contributed by atoms with van der Waals surface area (Å²) in [6.45, 7) is 3.96. The zero-order valence-electron chi connectivity index (χ0n) is 11.4. The van der Waals surface area contributed by atoms with E-state index in [1.807, 2.05) is 61.1 Å². The van der Waals surface area contributed by atoms with Crippen LogP contribution in [0.2, 0.25) is 0 Å². The van der Waals surface area contributed by atoms with Crippen molar-refractivity contribution in [3.05, 3.63) is 60.4 Å². The highest BCUT2D eigenvalue weighted by molar-refractivity contribution is 5.80. The van der Waals surface area contributed by atoms with Gasteiger partial charge in [0.25, 0.3) is 0 Å². The average molecular weight is 256 g/mol. The second-order valence-corrected chi connectivity index (χ2v) is 5.00. The van der Waals surface area contributed by atoms with Gasteiger partial charge in [-0.1, -0.05) is 30.3 Å². The maximum Gasteiger partial charge on any atom is 0.243 e. The SMILES string of the molecule is CC(C)NC(=O)C(Cc1ccccc1)n1cccc1. The lowest BCUT2D eigenvalue weighted by Crippen LogP contribution is -2.37. The highest BCUT2D eigenvalue weighted by atomic mass is 16.2. The second kappa shape index (κ2) is 6.23. The molecule has 19 heavy (non-hydrogen) atoms. The fourth-order valence-corrected chi connectivity index (χ4v) is 2.11. The molecule has 0 saturated carbocycles. The fraction of sp³-hybridized carbons (Fsp3) is 0.312. The molecular formula is C16H20N2O. The number of carbonyl (C=O) groups excluding carboxylic acids is 1. The molecule has 1 aromatic heterocycles. The minimum atomic E-state index is -0.195. The second-order valence-electron chi connectivity index (χ2n) is 5.00. The van der Waals surface area contributed by atoms with Gasteiger partial charge in [-0.2, -0.15) is 0 Å². The predicted molar refractivity (Wildman–Crippen MR) is 76.9 cm³/mol. The van der Waals surface area contributed by atoms with Gasteiger partial charge in [0.05, 0.1) is 0 Å². The van der Waals surface area contributed by atoms with E-state index < -0.39 is 0 Å². The van der Waals surface area contributed by atoms with E-state index in [4.69, 9.17) is 0 Å². The van der Waals surface area contributed by atoms with Crippen LogP contribution in [0.4, 0.5) is 0 Å². The fourth-order valence-electron chi connectivity index (χ4n) is 2.11. The van der Waals surface area contributed by atoms with Crippen LogP contribution in [-0.2, 0) is 11.2 Å². The molecule has 1 aromatic carbocycles. The van der Waals surface area contributed by atoms with Crippen LogP contribution in [0.1, 0.15) is 25.5 Å². The summed E-state index contributed by atoms with van der Waals surface area (Å²) in [5, 5.41) is 2.99. The number of nitrogens with zero attached hydrogens (tertiary/aromatic N) is 1. The Kier molecular flexibility index (Phi) is 4.39. The molecule has 1 heterocycles. The first-order valence-corrected chi connectivity index (χ1v) is 6.63. The van der Waals surface area contributed by atoms with Gasteiger partial charge in [-0.15, -0.1) is 0 Å². The van der Waals surface area contributed by atoms with Gasteiger partial charge in [-0.25, -0.2) is 0 Å². The highest BCUT2D eigenvalue weighted by Crippen LogP contribution is 2.15. The molecule has 0 aliphatic heterocycles. The molecule has 1 N–H and O–H groups in total. The summed E-state index contributed by atoms with van der Waals surface area (Å²) in [6.07, 6.45) is 4.58. The maximum atomic E-state index is 12.3. The first-order chi connectivity index (χ1) is 9.16. The van der Waals surface area contributed by atoms with Gasteiger partial charge in [0, 0.05) is 24.9 Å². The smallest absolute Gasteiger partial charge is 0.243 e. The minimum absolute atomic E-state index is 0.0649. The summed E-state index contributed by atoms with van der Waals surface area (Å²) < 4.78 is 1.96. The van der Waals surface area contributed by atoms with E-state index >= 15 is 0 Å². The van der Waals surface area contributed by atoms with Gasteiger partial charge in [0.1, 0.15) is 6.04 Å². The molecule has 3 heteroatoms. The Hall–Kier alpha value is -2.03. The van der Waals surface area contributed by atoms with Crippen LogP contribution >= 0.6 is 0 Å². The average Bonchev–Trinajstić information content (AvgIpc) is 2.90. The third-order valence-electron chi connectivity index (χ3n) is 2.99. The van der Waals surface area contributed by atoms with Crippen molar-refractivity contribution in [1.82, 2.24) is 9.88 Å². The quantitative estimate of drug-likeness (QED) is 0.877. The molecule has 100 valence electrons. The summed E-state index contributed by atoms with van der Waals surface area (Å²) in [5.41, 5.74) is 1.17. The Morgan fingerprint density at radius 2 is 1.74 bits per heavy atom. The zero-order valence-corrected chi connectivity index (χ0v) is 11.4. The molecule has 0 aliphatic rings. The first kappa shape index (κ1) is 13.4. The van der Waals surface area contributed by atoms with Gasteiger partial charge in [0.2, 0.25) is 5.91 Å². The zero-order chi connectivity index (χ0) is 13.7. The van der Waals surface area contributed by atoms with Crippen LogP contribution < -0.4 is 5.32 Å². The van der Waals surface area contributed by atoms with E-state index in [1.165, 1.54) is 5.56 Å². The molecule has 0 radical (unpaired) electrons. The van der Waals surface area contributed by atoms with Crippen molar-refractivity contribution in [1.29, 1.82) is 0 Å². The highest BCUT2D eigenvalue weighted by Gasteiger charge is 2.20. The predicted octanol–water partition coefficient (Wildman–Crippen LogP) is 2.80. The van der Waals surface area contributed by atoms with Crippen molar-refractivity contribution in [3.63, 3.8) is 0 Å². The van der Waals surface area contributed by atoms with Gasteiger partial charge in [-0.05, 0) is 31.5 Å². The van der Waals surface area contributed by atoms with Crippen molar-refractivity contribution in [2.75, 3.05) is 0 Å². The Labute approximate surface area is 114 Å². The van der Waals surface area contributed by atoms with Crippen LogP contribution in [0.25, 0.3) is 0 Å². The molecule has 0 aliphatic carbocycles. The number of aromatic nitrogens is 1. The lowest BCUT2D eigenvalue weighted by molar-refractivity contribution is -0.124. The Balaban J connectivity index is 2.18. The van der Waals surface area contributed by atoms with Crippen molar-refractivity contribution in [3.8, 4) is 0 Å². The number of hydrogen-bond acceptors (Lipinski definition) is 1. The van der Waals surface area contributed by atoms with Gasteiger partial charge < -0.3 is 9.88 Å². The lowest BCUT2D eigenvalue weighted by atomic mass is 10.0. The molecule has 0 spiro atoms. The van der Waals surface area contributed by atoms with E-state index in [1.54, 1.807) is 0 Å². The summed E-state index contributed by atoms with van der Waals surface area (Å²) in [6, 6.07) is 14.0. The van der Waals surface area contributed by atoms with E-state index in [9.17, 15) is 4.79 Å². The number of hydrogen-bond donors (Lipinski definition) is 1. The third-order valence-corrected chi connectivity index (χ3v) is 2.99. The normalized spacial score (nSPS) is 12.4. The van der Waals surface area contributed by atoms with Crippen molar-refractivity contribution >= 4 is 5.91 Å². The van der Waals surface area contributed by atoms with Crippen LogP contribution in [0, 0.1) is 0 Å². The lowest BCUT2D eigenvalue weighted by Gasteiger charge is -2.20. The number of amides is 1. The van der Waals surface area contributed by atoms with Crippen LogP contribution in [0.3, 0.4) is 0 Å². The number of rotatable bonds is 5. The van der Waals surface area contributed by atoms with Crippen LogP contribution in [0.5, 0.6) is 0 Å². The molecule has 1 atom stereocenters. The third kappa shape index (κ3) is 3.71. The molecule has 0 fully saturated rings. The van der Waals surface area contributed by atoms with Crippen molar-refractivity contribution < 1.29 is 4.79 Å². The Bertz CT molecular complexity index is 503. The van der Waals surface area contributed by atoms with Crippen LogP contribution in [0.15, 0.2) is 54.9 Å². The number of nitrogens with one attached hydrogen (secondary N) is 1. The largest absolute Gasteiger partial charge is 0.352 e. The summed E-state index contributed by atoms with van der Waals surface area (Å²) in [4.78, 5) is 12.3. The monoisotopic (exact) mass is 256 g/mol. The van der Waals surface area contributed by atoms with Gasteiger partial charge >= 0.3 is 0 Å². The summed E-state index contributed by atoms with van der Waals surface area (Å²) >= 11 is 0. The van der Waals surface area contributed by atoms with Crippen molar-refractivity contribution in [2.45, 2.75) is 32.4 Å².